The third-order valence-corrected chi connectivity index (χ3v) is 16.2. The number of alkyl halides is 3. The monoisotopic (exact) mass is 924 g/mol. The number of hydrogen-bond acceptors (Lipinski definition) is 4. The molecule has 7 heteroatoms. The van der Waals surface area contributed by atoms with Crippen LogP contribution < -0.4 is 0 Å². The molecular weight excluding hydrogens is 866 g/mol. The van der Waals surface area contributed by atoms with Crippen molar-refractivity contribution in [2.24, 2.45) is 0 Å². The molecular formula is C62H59F3O4. The van der Waals surface area contributed by atoms with Gasteiger partial charge in [-0.25, -0.2) is 0 Å². The lowest BCUT2D eigenvalue weighted by Gasteiger charge is -2.35. The number of rotatable bonds is 10. The lowest BCUT2D eigenvalue weighted by atomic mass is 9.74. The molecule has 2 fully saturated rings. The van der Waals surface area contributed by atoms with Crippen molar-refractivity contribution in [1.82, 2.24) is 0 Å². The Bertz CT molecular complexity index is 3240. The predicted octanol–water partition coefficient (Wildman–Crippen LogP) is 16.2. The molecule has 0 saturated carbocycles. The van der Waals surface area contributed by atoms with Gasteiger partial charge >= 0.3 is 6.18 Å². The normalized spacial score (nSPS) is 22.3. The highest BCUT2D eigenvalue weighted by molar-refractivity contribution is 6.25. The SMILES string of the molecule is CC(C)(C)c1cc2ccc3ccc(-c4ccc5c(c4)C(C)(C(F)(F)F)c4cc(-c6ccc7c(c6)C(CCCOC6CCCCO6)(COC6CCCCO6)c6ccccc6-7)ccc4-5)c4ccc(c1)c2c34. The van der Waals surface area contributed by atoms with Gasteiger partial charge in [0.25, 0.3) is 0 Å². The Morgan fingerprint density at radius 3 is 1.75 bits per heavy atom. The highest BCUT2D eigenvalue weighted by Gasteiger charge is 2.58. The molecule has 0 amide bonds. The average molecular weight is 925 g/mol. The van der Waals surface area contributed by atoms with E-state index in [1.54, 1.807) is 6.07 Å². The summed E-state index contributed by atoms with van der Waals surface area (Å²) in [6.07, 6.45) is 2.52. The van der Waals surface area contributed by atoms with Gasteiger partial charge in [-0.3, -0.25) is 0 Å². The second-order valence-electron chi connectivity index (χ2n) is 21.3. The van der Waals surface area contributed by atoms with E-state index in [4.69, 9.17) is 18.9 Å². The van der Waals surface area contributed by atoms with Gasteiger partial charge in [-0.05, 0) is 187 Å². The molecule has 0 spiro atoms. The van der Waals surface area contributed by atoms with Gasteiger partial charge in [0.05, 0.1) is 6.61 Å². The molecule has 4 atom stereocenters. The summed E-state index contributed by atoms with van der Waals surface area (Å²) in [6.45, 7) is 10.5. The maximum Gasteiger partial charge on any atom is 0.402 e. The summed E-state index contributed by atoms with van der Waals surface area (Å²) in [5.41, 5.74) is 8.24. The Kier molecular flexibility index (Phi) is 10.9. The molecule has 2 aliphatic heterocycles. The van der Waals surface area contributed by atoms with Crippen LogP contribution in [0.1, 0.15) is 107 Å². The summed E-state index contributed by atoms with van der Waals surface area (Å²) >= 11 is 0. The Balaban J connectivity index is 0.928. The highest BCUT2D eigenvalue weighted by atomic mass is 19.4. The van der Waals surface area contributed by atoms with E-state index in [1.165, 1.54) is 34.2 Å². The molecule has 4 unspecified atom stereocenters. The van der Waals surface area contributed by atoms with Crippen molar-refractivity contribution >= 4 is 32.3 Å². The zero-order valence-corrected chi connectivity index (χ0v) is 40.0. The maximum absolute atomic E-state index is 16.1. The Hall–Kier alpha value is -5.57. The number of halogens is 3. The molecule has 2 aliphatic carbocycles. The summed E-state index contributed by atoms with van der Waals surface area (Å²) in [6, 6.07) is 43.9. The van der Waals surface area contributed by atoms with E-state index < -0.39 is 17.0 Å². The molecule has 0 N–H and O–H groups in total. The Morgan fingerprint density at radius 1 is 0.551 bits per heavy atom. The van der Waals surface area contributed by atoms with Gasteiger partial charge in [0.1, 0.15) is 5.41 Å². The quantitative estimate of drug-likeness (QED) is 0.101. The molecule has 8 aromatic rings. The minimum absolute atomic E-state index is 0.0113. The molecule has 4 nitrogen and oxygen atoms in total. The predicted molar refractivity (Wildman–Crippen MR) is 272 cm³/mol. The zero-order chi connectivity index (χ0) is 47.3. The number of hydrogen-bond donors (Lipinski definition) is 0. The molecule has 0 aromatic heterocycles. The maximum atomic E-state index is 16.1. The summed E-state index contributed by atoms with van der Waals surface area (Å²) < 4.78 is 73.3. The van der Waals surface area contributed by atoms with E-state index in [0.29, 0.717) is 30.9 Å². The van der Waals surface area contributed by atoms with Crippen LogP contribution in [-0.2, 0) is 35.2 Å². The van der Waals surface area contributed by atoms with Crippen molar-refractivity contribution in [3.63, 3.8) is 0 Å². The van der Waals surface area contributed by atoms with Gasteiger partial charge in [0, 0.05) is 25.2 Å². The lowest BCUT2D eigenvalue weighted by molar-refractivity contribution is -0.172. The molecule has 0 radical (unpaired) electrons. The second-order valence-corrected chi connectivity index (χ2v) is 21.3. The van der Waals surface area contributed by atoms with Crippen molar-refractivity contribution in [3.05, 3.63) is 155 Å². The van der Waals surface area contributed by atoms with Crippen LogP contribution in [0.15, 0.2) is 127 Å². The minimum Gasteiger partial charge on any atom is -0.353 e. The molecule has 352 valence electrons. The van der Waals surface area contributed by atoms with E-state index in [1.807, 2.05) is 30.3 Å². The fourth-order valence-corrected chi connectivity index (χ4v) is 12.3. The standard InChI is InChI=1S/C62H59F3O4/c1-59(2,3)44-32-42-17-16-38-18-23-45(50-27-22-43(33-44)57(42)58(38)50)41-21-26-48-47-24-19-39(34-52(47)60(4,53(48)36-41)62(63,64)65)40-20-25-49-46-12-5-6-13-51(46)61(54(49)35-40,37-69-56-15-8-10-30-67-56)28-11-31-68-55-14-7-9-29-66-55/h5-6,12-13,16-27,32-36,55-56H,7-11,14-15,28-31,37H2,1-4H3. The van der Waals surface area contributed by atoms with Crippen molar-refractivity contribution in [2.45, 2.75) is 114 Å². The fraction of sp³-hybridized carbons (Fsp3) is 0.355. The first-order valence-corrected chi connectivity index (χ1v) is 25.1. The van der Waals surface area contributed by atoms with E-state index in [9.17, 15) is 0 Å². The van der Waals surface area contributed by atoms with Crippen LogP contribution in [0.25, 0.3) is 76.8 Å². The van der Waals surface area contributed by atoms with Crippen molar-refractivity contribution in [2.75, 3.05) is 26.4 Å². The highest BCUT2D eigenvalue weighted by Crippen LogP contribution is 2.59. The van der Waals surface area contributed by atoms with Crippen LogP contribution in [-0.4, -0.2) is 45.2 Å². The summed E-state index contributed by atoms with van der Waals surface area (Å²) in [7, 11) is 0. The molecule has 0 bridgehead atoms. The van der Waals surface area contributed by atoms with E-state index >= 15 is 13.2 Å². The van der Waals surface area contributed by atoms with Crippen molar-refractivity contribution < 1.29 is 32.1 Å². The lowest BCUT2D eigenvalue weighted by Crippen LogP contribution is -2.38. The summed E-state index contributed by atoms with van der Waals surface area (Å²) in [5.74, 6) is 0. The van der Waals surface area contributed by atoms with Gasteiger partial charge in [0.2, 0.25) is 0 Å². The molecule has 69 heavy (non-hydrogen) atoms. The number of fused-ring (bicyclic) bond motifs is 6. The largest absolute Gasteiger partial charge is 0.402 e. The van der Waals surface area contributed by atoms with Gasteiger partial charge in [0.15, 0.2) is 12.6 Å². The van der Waals surface area contributed by atoms with Crippen molar-refractivity contribution in [3.8, 4) is 44.5 Å². The fourth-order valence-electron chi connectivity index (χ4n) is 12.3. The van der Waals surface area contributed by atoms with Crippen LogP contribution in [0.2, 0.25) is 0 Å². The van der Waals surface area contributed by atoms with Gasteiger partial charge in [-0.1, -0.05) is 130 Å². The van der Waals surface area contributed by atoms with Gasteiger partial charge in [-0.15, -0.1) is 0 Å². The van der Waals surface area contributed by atoms with Crippen LogP contribution in [0, 0.1) is 0 Å². The summed E-state index contributed by atoms with van der Waals surface area (Å²) in [5, 5.41) is 6.85. The molecule has 4 aliphatic rings. The third-order valence-electron chi connectivity index (χ3n) is 16.2. The molecule has 2 heterocycles. The van der Waals surface area contributed by atoms with Gasteiger partial charge < -0.3 is 18.9 Å². The molecule has 2 saturated heterocycles. The van der Waals surface area contributed by atoms with Gasteiger partial charge in [-0.2, -0.15) is 13.2 Å². The van der Waals surface area contributed by atoms with Crippen LogP contribution in [0.5, 0.6) is 0 Å². The van der Waals surface area contributed by atoms with E-state index in [-0.39, 0.29) is 29.1 Å². The first-order valence-electron chi connectivity index (χ1n) is 25.1. The van der Waals surface area contributed by atoms with E-state index in [2.05, 4.69) is 112 Å². The summed E-state index contributed by atoms with van der Waals surface area (Å²) in [4.78, 5) is 0. The van der Waals surface area contributed by atoms with Crippen LogP contribution in [0.3, 0.4) is 0 Å². The molecule has 8 aromatic carbocycles. The second kappa shape index (κ2) is 16.8. The van der Waals surface area contributed by atoms with Crippen LogP contribution >= 0.6 is 0 Å². The smallest absolute Gasteiger partial charge is 0.353 e. The third kappa shape index (κ3) is 7.32. The molecule has 12 rings (SSSR count). The topological polar surface area (TPSA) is 36.9 Å². The van der Waals surface area contributed by atoms with E-state index in [0.717, 1.165) is 113 Å². The minimum atomic E-state index is -4.57. The number of benzene rings is 8. The average Bonchev–Trinajstić information content (AvgIpc) is 3.79. The first kappa shape index (κ1) is 44.6. The Labute approximate surface area is 403 Å². The first-order chi connectivity index (χ1) is 33.3. The number of ether oxygens (including phenoxy) is 4. The Morgan fingerprint density at radius 2 is 1.10 bits per heavy atom. The van der Waals surface area contributed by atoms with Crippen molar-refractivity contribution in [1.29, 1.82) is 0 Å². The zero-order valence-electron chi connectivity index (χ0n) is 40.0. The van der Waals surface area contributed by atoms with Crippen LogP contribution in [0.4, 0.5) is 13.2 Å².